The Balaban J connectivity index is 1.92. The first-order chi connectivity index (χ1) is 11.0. The van der Waals surface area contributed by atoms with Crippen LogP contribution in [-0.4, -0.2) is 17.6 Å². The number of rotatable bonds is 8. The second-order valence-corrected chi connectivity index (χ2v) is 8.06. The second-order valence-electron chi connectivity index (χ2n) is 6.04. The lowest BCUT2D eigenvalue weighted by molar-refractivity contribution is -0.142. The molecule has 0 aliphatic carbocycles. The van der Waals surface area contributed by atoms with E-state index in [1.165, 1.54) is 15.3 Å². The zero-order chi connectivity index (χ0) is 16.8. The molecule has 0 amide bonds. The number of carboxylic acid groups (broad SMARTS) is 1. The summed E-state index contributed by atoms with van der Waals surface area (Å²) in [6.45, 7) is 5.32. The molecule has 5 heteroatoms. The minimum Gasteiger partial charge on any atom is -0.481 e. The van der Waals surface area contributed by atoms with Crippen LogP contribution in [0.2, 0.25) is 0 Å². The first kappa shape index (κ1) is 18.2. The average molecular weight is 396 g/mol. The highest BCUT2D eigenvalue weighted by atomic mass is 79.9. The van der Waals surface area contributed by atoms with E-state index in [1.807, 2.05) is 18.2 Å². The lowest BCUT2D eigenvalue weighted by Crippen LogP contribution is -2.29. The molecule has 0 saturated carbocycles. The van der Waals surface area contributed by atoms with E-state index >= 15 is 0 Å². The molecular formula is C18H22BrNO2S. The maximum atomic E-state index is 11.3. The van der Waals surface area contributed by atoms with Crippen LogP contribution >= 0.6 is 27.3 Å². The third-order valence-electron chi connectivity index (χ3n) is 3.60. The number of thiophene rings is 1. The number of carboxylic acids is 1. The molecule has 1 aromatic carbocycles. The summed E-state index contributed by atoms with van der Waals surface area (Å²) in [6.07, 6.45) is 0.703. The summed E-state index contributed by atoms with van der Waals surface area (Å²) in [4.78, 5) is 13.7. The van der Waals surface area contributed by atoms with E-state index < -0.39 is 5.97 Å². The zero-order valence-electron chi connectivity index (χ0n) is 13.4. The minimum atomic E-state index is -0.716. The predicted octanol–water partition coefficient (Wildman–Crippen LogP) is 5.01. The molecular weight excluding hydrogens is 374 g/mol. The molecule has 0 spiro atoms. The van der Waals surface area contributed by atoms with Crippen LogP contribution in [0.1, 0.15) is 25.1 Å². The Morgan fingerprint density at radius 3 is 2.65 bits per heavy atom. The lowest BCUT2D eigenvalue weighted by atomic mass is 9.97. The Morgan fingerprint density at radius 1 is 1.26 bits per heavy atom. The van der Waals surface area contributed by atoms with Crippen molar-refractivity contribution in [2.24, 2.45) is 11.8 Å². The van der Waals surface area contributed by atoms with E-state index in [9.17, 15) is 9.90 Å². The van der Waals surface area contributed by atoms with Crippen LogP contribution in [0.3, 0.4) is 0 Å². The van der Waals surface area contributed by atoms with Gasteiger partial charge in [-0.3, -0.25) is 4.79 Å². The highest BCUT2D eigenvalue weighted by Gasteiger charge is 2.18. The molecule has 1 unspecified atom stereocenters. The molecule has 0 bridgehead atoms. The topological polar surface area (TPSA) is 49.3 Å². The Hall–Kier alpha value is -1.17. The Labute approximate surface area is 149 Å². The van der Waals surface area contributed by atoms with Crippen LogP contribution in [0.4, 0.5) is 0 Å². The number of aliphatic carboxylic acids is 1. The van der Waals surface area contributed by atoms with Crippen molar-refractivity contribution in [1.29, 1.82) is 0 Å². The van der Waals surface area contributed by atoms with Crippen molar-refractivity contribution >= 4 is 33.2 Å². The molecule has 0 aliphatic heterocycles. The Morgan fingerprint density at radius 2 is 2.00 bits per heavy atom. The van der Waals surface area contributed by atoms with Crippen LogP contribution in [0, 0.1) is 11.8 Å². The number of nitrogens with one attached hydrogen (secondary N) is 1. The Kier molecular flexibility index (Phi) is 6.81. The summed E-state index contributed by atoms with van der Waals surface area (Å²) >= 11 is 5.31. The first-order valence-corrected chi connectivity index (χ1v) is 9.35. The molecule has 1 atom stereocenters. The highest BCUT2D eigenvalue weighted by molar-refractivity contribution is 9.10. The van der Waals surface area contributed by atoms with Gasteiger partial charge in [-0.2, -0.15) is 0 Å². The maximum Gasteiger partial charge on any atom is 0.307 e. The predicted molar refractivity (Wildman–Crippen MR) is 99.7 cm³/mol. The minimum absolute atomic E-state index is 0.322. The van der Waals surface area contributed by atoms with Crippen molar-refractivity contribution in [3.8, 4) is 10.4 Å². The fourth-order valence-corrected chi connectivity index (χ4v) is 4.14. The van der Waals surface area contributed by atoms with Crippen LogP contribution < -0.4 is 5.32 Å². The summed E-state index contributed by atoms with van der Waals surface area (Å²) in [5.74, 6) is -0.648. The number of benzene rings is 1. The number of carbonyl (C=O) groups is 1. The van der Waals surface area contributed by atoms with Crippen LogP contribution in [0.5, 0.6) is 0 Å². The van der Waals surface area contributed by atoms with Crippen molar-refractivity contribution in [3.05, 3.63) is 45.7 Å². The van der Waals surface area contributed by atoms with Gasteiger partial charge in [0.1, 0.15) is 0 Å². The van der Waals surface area contributed by atoms with Gasteiger partial charge < -0.3 is 10.4 Å². The molecule has 0 saturated heterocycles. The molecule has 2 N–H and O–H groups in total. The Bertz CT molecular complexity index is 654. The van der Waals surface area contributed by atoms with Gasteiger partial charge in [-0.15, -0.1) is 11.3 Å². The molecule has 0 fully saturated rings. The van der Waals surface area contributed by atoms with Gasteiger partial charge in [0.15, 0.2) is 0 Å². The van der Waals surface area contributed by atoms with Crippen LogP contribution in [0.15, 0.2) is 40.9 Å². The standard InChI is InChI=1S/C18H22BrNO2S/c1-12(2)9-13(18(21)22)10-20-11-14-7-8-17(23-14)15-5-3-4-6-16(15)19/h3-8,12-13,20H,9-11H2,1-2H3,(H,21,22). The summed E-state index contributed by atoms with van der Waals surface area (Å²) < 4.78 is 1.09. The number of hydrogen-bond donors (Lipinski definition) is 2. The largest absolute Gasteiger partial charge is 0.481 e. The lowest BCUT2D eigenvalue weighted by Gasteiger charge is -2.15. The van der Waals surface area contributed by atoms with E-state index in [4.69, 9.17) is 0 Å². The summed E-state index contributed by atoms with van der Waals surface area (Å²) in [6, 6.07) is 12.4. The van der Waals surface area contributed by atoms with E-state index in [0.717, 1.165) is 4.47 Å². The van der Waals surface area contributed by atoms with Crippen molar-refractivity contribution < 1.29 is 9.90 Å². The quantitative estimate of drug-likeness (QED) is 0.659. The fourth-order valence-electron chi connectivity index (χ4n) is 2.49. The van der Waals surface area contributed by atoms with Gasteiger partial charge in [-0.25, -0.2) is 0 Å². The van der Waals surface area contributed by atoms with E-state index in [-0.39, 0.29) is 5.92 Å². The third-order valence-corrected chi connectivity index (χ3v) is 5.41. The third kappa shape index (κ3) is 5.44. The molecule has 0 radical (unpaired) electrons. The summed E-state index contributed by atoms with van der Waals surface area (Å²) in [7, 11) is 0. The van der Waals surface area contributed by atoms with Crippen LogP contribution in [-0.2, 0) is 11.3 Å². The van der Waals surface area contributed by atoms with Gasteiger partial charge >= 0.3 is 5.97 Å². The summed E-state index contributed by atoms with van der Waals surface area (Å²) in [5, 5.41) is 12.5. The highest BCUT2D eigenvalue weighted by Crippen LogP contribution is 2.33. The van der Waals surface area contributed by atoms with Crippen molar-refractivity contribution in [2.75, 3.05) is 6.54 Å². The smallest absolute Gasteiger partial charge is 0.307 e. The summed E-state index contributed by atoms with van der Waals surface area (Å²) in [5.41, 5.74) is 1.19. The van der Waals surface area contributed by atoms with Gasteiger partial charge in [-0.05, 0) is 30.5 Å². The van der Waals surface area contributed by atoms with Gasteiger partial charge in [0.05, 0.1) is 5.92 Å². The maximum absolute atomic E-state index is 11.3. The van der Waals surface area contributed by atoms with E-state index in [0.29, 0.717) is 25.4 Å². The molecule has 2 aromatic rings. The van der Waals surface area contributed by atoms with Crippen LogP contribution in [0.25, 0.3) is 10.4 Å². The fraction of sp³-hybridized carbons (Fsp3) is 0.389. The normalized spacial score (nSPS) is 12.5. The molecule has 3 nitrogen and oxygen atoms in total. The van der Waals surface area contributed by atoms with Gasteiger partial charge in [0, 0.05) is 32.9 Å². The van der Waals surface area contributed by atoms with Gasteiger partial charge in [-0.1, -0.05) is 48.0 Å². The average Bonchev–Trinajstić information content (AvgIpc) is 2.95. The van der Waals surface area contributed by atoms with E-state index in [2.05, 4.69) is 53.3 Å². The first-order valence-electron chi connectivity index (χ1n) is 7.74. The van der Waals surface area contributed by atoms with Crippen molar-refractivity contribution in [1.82, 2.24) is 5.32 Å². The zero-order valence-corrected chi connectivity index (χ0v) is 15.8. The number of hydrogen-bond acceptors (Lipinski definition) is 3. The number of halogens is 1. The molecule has 2 rings (SSSR count). The van der Waals surface area contributed by atoms with Crippen molar-refractivity contribution in [3.63, 3.8) is 0 Å². The monoisotopic (exact) mass is 395 g/mol. The van der Waals surface area contributed by atoms with Crippen molar-refractivity contribution in [2.45, 2.75) is 26.8 Å². The SMILES string of the molecule is CC(C)CC(CNCc1ccc(-c2ccccc2Br)s1)C(=O)O. The molecule has 1 heterocycles. The molecule has 0 aliphatic rings. The molecule has 1 aromatic heterocycles. The second kappa shape index (κ2) is 8.62. The van der Waals surface area contributed by atoms with Gasteiger partial charge in [0.2, 0.25) is 0 Å². The van der Waals surface area contributed by atoms with Gasteiger partial charge in [0.25, 0.3) is 0 Å². The molecule has 23 heavy (non-hydrogen) atoms. The van der Waals surface area contributed by atoms with E-state index in [1.54, 1.807) is 11.3 Å². The molecule has 124 valence electrons.